The van der Waals surface area contributed by atoms with Gasteiger partial charge >= 0.3 is 0 Å². The van der Waals surface area contributed by atoms with Crippen LogP contribution in [-0.4, -0.2) is 67.9 Å². The van der Waals surface area contributed by atoms with Gasteiger partial charge in [0.1, 0.15) is 13.2 Å². The van der Waals surface area contributed by atoms with E-state index in [4.69, 9.17) is 14.3 Å². The van der Waals surface area contributed by atoms with E-state index in [0.29, 0.717) is 26.2 Å². The van der Waals surface area contributed by atoms with E-state index in [1.54, 1.807) is 0 Å². The molecule has 7 heteroatoms. The van der Waals surface area contributed by atoms with Gasteiger partial charge in [-0.2, -0.15) is 5.06 Å². The lowest BCUT2D eigenvalue weighted by atomic mass is 10.0. The molecule has 1 amide bonds. The van der Waals surface area contributed by atoms with Crippen LogP contribution in [0.5, 0.6) is 11.5 Å². The molecule has 4 rings (SSSR count). The number of amides is 1. The number of nitrogens with one attached hydrogen (secondary N) is 1. The van der Waals surface area contributed by atoms with Crippen molar-refractivity contribution in [1.29, 1.82) is 0 Å². The molecule has 3 heterocycles. The van der Waals surface area contributed by atoms with Crippen LogP contribution in [0.15, 0.2) is 18.2 Å². The molecule has 2 fully saturated rings. The largest absolute Gasteiger partial charge is 0.486 e. The molecule has 0 aliphatic carbocycles. The molecule has 7 nitrogen and oxygen atoms in total. The average molecular weight is 375 g/mol. The Morgan fingerprint density at radius 3 is 2.81 bits per heavy atom. The normalized spacial score (nSPS) is 23.1. The standard InChI is InChI=1S/C20H29N3O4/c24-20(7-10-23-9-1-2-11-27-23)22-8-3-4-17(15-22)21-16-5-6-18-19(14-16)26-13-12-25-18/h5-6,14,17,21H,1-4,7-13,15H2/t17-/m0/s1. The summed E-state index contributed by atoms with van der Waals surface area (Å²) in [5.74, 6) is 1.81. The highest BCUT2D eigenvalue weighted by molar-refractivity contribution is 5.76. The summed E-state index contributed by atoms with van der Waals surface area (Å²) in [5, 5.41) is 5.50. The minimum absolute atomic E-state index is 0.220. The van der Waals surface area contributed by atoms with E-state index in [1.807, 2.05) is 28.2 Å². The topological polar surface area (TPSA) is 63.3 Å². The molecule has 0 bridgehead atoms. The average Bonchev–Trinajstić information content (AvgIpc) is 2.73. The number of hydrogen-bond donors (Lipinski definition) is 1. The number of piperidine rings is 1. The lowest BCUT2D eigenvalue weighted by Gasteiger charge is -2.34. The fourth-order valence-electron chi connectivity index (χ4n) is 3.89. The van der Waals surface area contributed by atoms with Gasteiger partial charge in [0.05, 0.1) is 6.61 Å². The highest BCUT2D eigenvalue weighted by Gasteiger charge is 2.24. The third-order valence-electron chi connectivity index (χ3n) is 5.34. The Labute approximate surface area is 160 Å². The van der Waals surface area contributed by atoms with Crippen molar-refractivity contribution in [2.45, 2.75) is 38.1 Å². The molecule has 0 radical (unpaired) electrons. The van der Waals surface area contributed by atoms with Gasteiger partial charge in [-0.05, 0) is 37.8 Å². The number of benzene rings is 1. The highest BCUT2D eigenvalue weighted by atomic mass is 16.7. The van der Waals surface area contributed by atoms with Crippen LogP contribution < -0.4 is 14.8 Å². The molecule has 1 aromatic carbocycles. The molecule has 3 aliphatic heterocycles. The molecular weight excluding hydrogens is 346 g/mol. The maximum absolute atomic E-state index is 12.6. The van der Waals surface area contributed by atoms with Crippen molar-refractivity contribution in [3.63, 3.8) is 0 Å². The van der Waals surface area contributed by atoms with Crippen LogP contribution in [0.1, 0.15) is 32.1 Å². The minimum atomic E-state index is 0.220. The second kappa shape index (κ2) is 8.80. The number of hydroxylamine groups is 2. The van der Waals surface area contributed by atoms with Crippen molar-refractivity contribution in [1.82, 2.24) is 9.96 Å². The zero-order valence-electron chi connectivity index (χ0n) is 15.8. The predicted octanol–water partition coefficient (Wildman–Crippen LogP) is 2.28. The van der Waals surface area contributed by atoms with Crippen molar-refractivity contribution in [2.75, 3.05) is 51.3 Å². The monoisotopic (exact) mass is 375 g/mol. The Morgan fingerprint density at radius 1 is 1.07 bits per heavy atom. The Balaban J connectivity index is 1.28. The van der Waals surface area contributed by atoms with Gasteiger partial charge in [-0.3, -0.25) is 9.63 Å². The lowest BCUT2D eigenvalue weighted by Crippen LogP contribution is -2.46. The van der Waals surface area contributed by atoms with Crippen molar-refractivity contribution < 1.29 is 19.1 Å². The van der Waals surface area contributed by atoms with Crippen LogP contribution >= 0.6 is 0 Å². The molecule has 0 saturated carbocycles. The van der Waals surface area contributed by atoms with Crippen molar-refractivity contribution >= 4 is 11.6 Å². The van der Waals surface area contributed by atoms with E-state index >= 15 is 0 Å². The number of rotatable bonds is 5. The van der Waals surface area contributed by atoms with Crippen molar-refractivity contribution in [2.24, 2.45) is 0 Å². The third-order valence-corrected chi connectivity index (χ3v) is 5.34. The first-order chi connectivity index (χ1) is 13.3. The van der Waals surface area contributed by atoms with E-state index in [0.717, 1.165) is 69.1 Å². The second-order valence-electron chi connectivity index (χ2n) is 7.40. The number of ether oxygens (including phenoxy) is 2. The van der Waals surface area contributed by atoms with Crippen molar-refractivity contribution in [3.8, 4) is 11.5 Å². The zero-order valence-corrected chi connectivity index (χ0v) is 15.8. The molecular formula is C20H29N3O4. The summed E-state index contributed by atoms with van der Waals surface area (Å²) in [4.78, 5) is 20.2. The zero-order chi connectivity index (χ0) is 18.5. The molecule has 1 aromatic rings. The van der Waals surface area contributed by atoms with Crippen LogP contribution in [0.4, 0.5) is 5.69 Å². The van der Waals surface area contributed by atoms with Crippen LogP contribution in [0.25, 0.3) is 0 Å². The first-order valence-electron chi connectivity index (χ1n) is 10.1. The predicted molar refractivity (Wildman–Crippen MR) is 102 cm³/mol. The summed E-state index contributed by atoms with van der Waals surface area (Å²) in [7, 11) is 0. The highest BCUT2D eigenvalue weighted by Crippen LogP contribution is 2.33. The summed E-state index contributed by atoms with van der Waals surface area (Å²) in [6.45, 7) is 5.18. The third kappa shape index (κ3) is 4.84. The number of anilines is 1. The van der Waals surface area contributed by atoms with Crippen LogP contribution in [0.3, 0.4) is 0 Å². The van der Waals surface area contributed by atoms with Crippen LogP contribution in [0.2, 0.25) is 0 Å². The van der Waals surface area contributed by atoms with Gasteiger partial charge in [0.25, 0.3) is 0 Å². The van der Waals surface area contributed by atoms with Gasteiger partial charge in [-0.1, -0.05) is 0 Å². The SMILES string of the molecule is O=C(CCN1CCCCO1)N1CCC[C@H](Nc2ccc3c(c2)OCCO3)C1. The summed E-state index contributed by atoms with van der Waals surface area (Å²) < 4.78 is 11.2. The van der Waals surface area contributed by atoms with E-state index < -0.39 is 0 Å². The van der Waals surface area contributed by atoms with Gasteiger partial charge in [-0.15, -0.1) is 0 Å². The summed E-state index contributed by atoms with van der Waals surface area (Å²) in [6, 6.07) is 6.21. The van der Waals surface area contributed by atoms with Gasteiger partial charge in [0, 0.05) is 50.4 Å². The van der Waals surface area contributed by atoms with Gasteiger partial charge in [-0.25, -0.2) is 0 Å². The molecule has 2 saturated heterocycles. The fraction of sp³-hybridized carbons (Fsp3) is 0.650. The molecule has 148 valence electrons. The number of carbonyl (C=O) groups is 1. The van der Waals surface area contributed by atoms with Crippen LogP contribution in [0, 0.1) is 0 Å². The smallest absolute Gasteiger partial charge is 0.224 e. The van der Waals surface area contributed by atoms with E-state index in [1.165, 1.54) is 0 Å². The molecule has 27 heavy (non-hydrogen) atoms. The molecule has 1 N–H and O–H groups in total. The molecule has 1 atom stereocenters. The Morgan fingerprint density at radius 2 is 1.96 bits per heavy atom. The minimum Gasteiger partial charge on any atom is -0.486 e. The second-order valence-corrected chi connectivity index (χ2v) is 7.40. The number of fused-ring (bicyclic) bond motifs is 1. The number of nitrogens with zero attached hydrogens (tertiary/aromatic N) is 2. The number of hydrogen-bond acceptors (Lipinski definition) is 6. The Hall–Kier alpha value is -1.99. The summed E-state index contributed by atoms with van der Waals surface area (Å²) >= 11 is 0. The van der Waals surface area contributed by atoms with E-state index in [-0.39, 0.29) is 11.9 Å². The maximum Gasteiger partial charge on any atom is 0.224 e. The number of likely N-dealkylation sites (tertiary alicyclic amines) is 1. The quantitative estimate of drug-likeness (QED) is 0.852. The van der Waals surface area contributed by atoms with Crippen LogP contribution in [-0.2, 0) is 9.63 Å². The Bertz CT molecular complexity index is 648. The molecule has 0 spiro atoms. The van der Waals surface area contributed by atoms with E-state index in [2.05, 4.69) is 5.32 Å². The van der Waals surface area contributed by atoms with Crippen molar-refractivity contribution in [3.05, 3.63) is 18.2 Å². The van der Waals surface area contributed by atoms with E-state index in [9.17, 15) is 4.79 Å². The summed E-state index contributed by atoms with van der Waals surface area (Å²) in [5.41, 5.74) is 1.01. The molecule has 0 unspecified atom stereocenters. The molecule has 0 aromatic heterocycles. The summed E-state index contributed by atoms with van der Waals surface area (Å²) in [6.07, 6.45) is 4.88. The van der Waals surface area contributed by atoms with Gasteiger partial charge in [0.2, 0.25) is 5.91 Å². The molecule has 3 aliphatic rings. The van der Waals surface area contributed by atoms with Gasteiger partial charge < -0.3 is 19.7 Å². The Kier molecular flexibility index (Phi) is 5.99. The first kappa shape index (κ1) is 18.4. The fourth-order valence-corrected chi connectivity index (χ4v) is 3.89. The first-order valence-corrected chi connectivity index (χ1v) is 10.1. The van der Waals surface area contributed by atoms with Gasteiger partial charge in [0.15, 0.2) is 11.5 Å². The number of carbonyl (C=O) groups excluding carboxylic acids is 1. The lowest BCUT2D eigenvalue weighted by molar-refractivity contribution is -0.182. The maximum atomic E-state index is 12.6.